The predicted molar refractivity (Wildman–Crippen MR) is 54.3 cm³/mol. The third kappa shape index (κ3) is 2.78. The summed E-state index contributed by atoms with van der Waals surface area (Å²) in [5, 5.41) is 0. The maximum atomic E-state index is 5.57. The summed E-state index contributed by atoms with van der Waals surface area (Å²) in [6.45, 7) is 1.61. The third-order valence-corrected chi connectivity index (χ3v) is 2.88. The summed E-state index contributed by atoms with van der Waals surface area (Å²) in [5.41, 5.74) is 1.18. The second kappa shape index (κ2) is 4.20. The van der Waals surface area contributed by atoms with Gasteiger partial charge in [-0.2, -0.15) is 0 Å². The molecule has 1 aromatic heterocycles. The van der Waals surface area contributed by atoms with Crippen molar-refractivity contribution in [1.29, 1.82) is 0 Å². The van der Waals surface area contributed by atoms with E-state index in [1.807, 2.05) is 6.07 Å². The molecule has 1 aromatic rings. The van der Waals surface area contributed by atoms with Crippen LogP contribution in [0, 0.1) is 5.92 Å². The lowest BCUT2D eigenvalue weighted by molar-refractivity contribution is 0.111. The van der Waals surface area contributed by atoms with Crippen molar-refractivity contribution in [2.75, 3.05) is 6.61 Å². The Bertz CT molecular complexity index is 286. The van der Waals surface area contributed by atoms with Gasteiger partial charge in [-0.25, -0.2) is 0 Å². The fourth-order valence-electron chi connectivity index (χ4n) is 1.14. The van der Waals surface area contributed by atoms with Gasteiger partial charge in [-0.05, 0) is 46.3 Å². The quantitative estimate of drug-likeness (QED) is 0.809. The Balaban J connectivity index is 1.82. The molecule has 2 nitrogen and oxygen atoms in total. The van der Waals surface area contributed by atoms with Gasteiger partial charge in [0.2, 0.25) is 0 Å². The van der Waals surface area contributed by atoms with Gasteiger partial charge in [0.25, 0.3) is 0 Å². The number of aromatic nitrogens is 1. The number of hydrogen-bond acceptors (Lipinski definition) is 2. The van der Waals surface area contributed by atoms with Crippen LogP contribution in [0.3, 0.4) is 0 Å². The van der Waals surface area contributed by atoms with Gasteiger partial charge in [0.15, 0.2) is 0 Å². The molecule has 1 heterocycles. The first kappa shape index (κ1) is 9.16. The molecular formula is C10H12BrNO. The second-order valence-electron chi connectivity index (χ2n) is 3.43. The molecule has 0 saturated heterocycles. The highest BCUT2D eigenvalue weighted by molar-refractivity contribution is 9.10. The minimum absolute atomic E-state index is 0.694. The van der Waals surface area contributed by atoms with Crippen LogP contribution in [0.1, 0.15) is 18.4 Å². The van der Waals surface area contributed by atoms with E-state index >= 15 is 0 Å². The highest BCUT2D eigenvalue weighted by Crippen LogP contribution is 2.29. The number of nitrogens with zero attached hydrogens (tertiary/aromatic N) is 1. The van der Waals surface area contributed by atoms with Crippen LogP contribution in [0.25, 0.3) is 0 Å². The summed E-state index contributed by atoms with van der Waals surface area (Å²) >= 11 is 3.44. The van der Waals surface area contributed by atoms with E-state index < -0.39 is 0 Å². The van der Waals surface area contributed by atoms with E-state index in [4.69, 9.17) is 4.74 Å². The van der Waals surface area contributed by atoms with Gasteiger partial charge in [-0.3, -0.25) is 4.98 Å². The maximum Gasteiger partial charge on any atom is 0.0729 e. The van der Waals surface area contributed by atoms with Crippen LogP contribution in [-0.4, -0.2) is 11.6 Å². The smallest absolute Gasteiger partial charge is 0.0729 e. The van der Waals surface area contributed by atoms with Crippen LogP contribution in [-0.2, 0) is 11.3 Å². The number of hydrogen-bond donors (Lipinski definition) is 0. The lowest BCUT2D eigenvalue weighted by Crippen LogP contribution is -1.97. The van der Waals surface area contributed by atoms with Gasteiger partial charge in [-0.15, -0.1) is 0 Å². The largest absolute Gasteiger partial charge is 0.376 e. The Kier molecular flexibility index (Phi) is 2.96. The molecule has 0 spiro atoms. The topological polar surface area (TPSA) is 22.1 Å². The molecule has 3 heteroatoms. The molecular weight excluding hydrogens is 230 g/mol. The van der Waals surface area contributed by atoms with Crippen molar-refractivity contribution in [3.8, 4) is 0 Å². The first-order chi connectivity index (χ1) is 6.36. The molecule has 13 heavy (non-hydrogen) atoms. The summed E-state index contributed by atoms with van der Waals surface area (Å²) in [6.07, 6.45) is 6.28. The zero-order chi connectivity index (χ0) is 9.10. The number of ether oxygens (including phenoxy) is 1. The Hall–Kier alpha value is -0.410. The number of pyridine rings is 1. The first-order valence-corrected chi connectivity index (χ1v) is 5.31. The second-order valence-corrected chi connectivity index (χ2v) is 4.28. The number of halogens is 1. The molecule has 0 atom stereocenters. The van der Waals surface area contributed by atoms with Crippen LogP contribution < -0.4 is 0 Å². The lowest BCUT2D eigenvalue weighted by Gasteiger charge is -2.04. The zero-order valence-electron chi connectivity index (χ0n) is 7.37. The fraction of sp³-hybridized carbons (Fsp3) is 0.500. The molecule has 0 amide bonds. The normalized spacial score (nSPS) is 16.1. The Morgan fingerprint density at radius 1 is 1.54 bits per heavy atom. The van der Waals surface area contributed by atoms with Crippen LogP contribution in [0.15, 0.2) is 22.9 Å². The van der Waals surface area contributed by atoms with Crippen molar-refractivity contribution in [2.45, 2.75) is 19.4 Å². The van der Waals surface area contributed by atoms with Gasteiger partial charge in [0.05, 0.1) is 6.61 Å². The van der Waals surface area contributed by atoms with Gasteiger partial charge in [-0.1, -0.05) is 0 Å². The standard InChI is InChI=1S/C10H12BrNO/c11-10-5-12-4-3-9(10)7-13-6-8-1-2-8/h3-5,8H,1-2,6-7H2. The van der Waals surface area contributed by atoms with E-state index in [9.17, 15) is 0 Å². The van der Waals surface area contributed by atoms with Crippen LogP contribution in [0.5, 0.6) is 0 Å². The molecule has 0 radical (unpaired) electrons. The molecule has 1 aliphatic rings. The zero-order valence-corrected chi connectivity index (χ0v) is 8.96. The molecule has 0 bridgehead atoms. The molecule has 1 aliphatic carbocycles. The summed E-state index contributed by atoms with van der Waals surface area (Å²) in [6, 6.07) is 1.98. The van der Waals surface area contributed by atoms with Crippen molar-refractivity contribution >= 4 is 15.9 Å². The van der Waals surface area contributed by atoms with Crippen LogP contribution in [0.4, 0.5) is 0 Å². The third-order valence-electron chi connectivity index (χ3n) is 2.16. The van der Waals surface area contributed by atoms with E-state index in [0.29, 0.717) is 6.61 Å². The van der Waals surface area contributed by atoms with E-state index in [0.717, 1.165) is 17.0 Å². The average molecular weight is 242 g/mol. The molecule has 1 saturated carbocycles. The summed E-state index contributed by atoms with van der Waals surface area (Å²) in [4.78, 5) is 4.00. The Labute approximate surface area is 86.5 Å². The molecule has 0 unspecified atom stereocenters. The highest BCUT2D eigenvalue weighted by atomic mass is 79.9. The van der Waals surface area contributed by atoms with Crippen molar-refractivity contribution < 1.29 is 4.74 Å². The molecule has 2 rings (SSSR count). The highest BCUT2D eigenvalue weighted by Gasteiger charge is 2.21. The predicted octanol–water partition coefficient (Wildman–Crippen LogP) is 2.77. The van der Waals surface area contributed by atoms with Crippen molar-refractivity contribution in [3.05, 3.63) is 28.5 Å². The van der Waals surface area contributed by atoms with Gasteiger partial charge >= 0.3 is 0 Å². The van der Waals surface area contributed by atoms with Gasteiger partial charge in [0, 0.05) is 23.5 Å². The lowest BCUT2D eigenvalue weighted by atomic mass is 10.3. The molecule has 0 N–H and O–H groups in total. The summed E-state index contributed by atoms with van der Waals surface area (Å²) in [7, 11) is 0. The minimum Gasteiger partial charge on any atom is -0.376 e. The van der Waals surface area contributed by atoms with Crippen molar-refractivity contribution in [2.24, 2.45) is 5.92 Å². The maximum absolute atomic E-state index is 5.57. The van der Waals surface area contributed by atoms with Crippen molar-refractivity contribution in [1.82, 2.24) is 4.98 Å². The monoisotopic (exact) mass is 241 g/mol. The van der Waals surface area contributed by atoms with E-state index in [1.165, 1.54) is 18.4 Å². The van der Waals surface area contributed by atoms with Gasteiger partial charge < -0.3 is 4.74 Å². The average Bonchev–Trinajstić information content (AvgIpc) is 2.92. The fourth-order valence-corrected chi connectivity index (χ4v) is 1.51. The molecule has 0 aromatic carbocycles. The summed E-state index contributed by atoms with van der Waals surface area (Å²) in [5.74, 6) is 0.834. The Morgan fingerprint density at radius 2 is 2.38 bits per heavy atom. The van der Waals surface area contributed by atoms with E-state index in [-0.39, 0.29) is 0 Å². The molecule has 0 aliphatic heterocycles. The van der Waals surface area contributed by atoms with E-state index in [2.05, 4.69) is 20.9 Å². The summed E-state index contributed by atoms with van der Waals surface area (Å²) < 4.78 is 6.60. The molecule has 1 fully saturated rings. The molecule has 70 valence electrons. The first-order valence-electron chi connectivity index (χ1n) is 4.52. The SMILES string of the molecule is Brc1cnccc1COCC1CC1. The van der Waals surface area contributed by atoms with Crippen LogP contribution >= 0.6 is 15.9 Å². The Morgan fingerprint density at radius 3 is 3.08 bits per heavy atom. The minimum atomic E-state index is 0.694. The van der Waals surface area contributed by atoms with Crippen molar-refractivity contribution in [3.63, 3.8) is 0 Å². The van der Waals surface area contributed by atoms with Gasteiger partial charge in [0.1, 0.15) is 0 Å². The number of rotatable bonds is 4. The van der Waals surface area contributed by atoms with Crippen LogP contribution in [0.2, 0.25) is 0 Å². The van der Waals surface area contributed by atoms with E-state index in [1.54, 1.807) is 12.4 Å².